The van der Waals surface area contributed by atoms with Crippen LogP contribution in [-0.2, 0) is 10.8 Å². The smallest absolute Gasteiger partial charge is 0.103 e. The molecule has 0 atom stereocenters. The summed E-state index contributed by atoms with van der Waals surface area (Å²) in [6.07, 6.45) is 4.82. The maximum Gasteiger partial charge on any atom is 0.103 e. The lowest BCUT2D eigenvalue weighted by Crippen LogP contribution is -2.60. The average Bonchev–Trinajstić information content (AvgIpc) is 3.01. The Morgan fingerprint density at radius 1 is 0.710 bits per heavy atom. The third kappa shape index (κ3) is 2.56. The number of hydrogen-bond donors (Lipinski definition) is 0. The molecule has 2 radical (unpaired) electrons. The Balaban J connectivity index is 1.49. The quantitative estimate of drug-likeness (QED) is 0.428. The van der Waals surface area contributed by atoms with Gasteiger partial charge in [0, 0.05) is 22.1 Å². The van der Waals surface area contributed by atoms with Gasteiger partial charge in [0.1, 0.15) is 6.54 Å². The number of benzene rings is 3. The molecular weight excluding hydrogens is 374 g/mol. The van der Waals surface area contributed by atoms with Crippen molar-refractivity contribution < 1.29 is 0 Å². The van der Waals surface area contributed by atoms with E-state index in [0.29, 0.717) is 0 Å². The van der Waals surface area contributed by atoms with Crippen LogP contribution in [0.1, 0.15) is 68.7 Å². The Morgan fingerprint density at radius 2 is 1.39 bits per heavy atom. The van der Waals surface area contributed by atoms with Crippen LogP contribution in [0.15, 0.2) is 66.7 Å². The topological polar surface area (TPSA) is 3.24 Å². The predicted octanol–water partition coefficient (Wildman–Crippen LogP) is 7.43. The van der Waals surface area contributed by atoms with Gasteiger partial charge in [-0.15, -0.1) is 0 Å². The van der Waals surface area contributed by atoms with Crippen LogP contribution >= 0.6 is 0 Å². The van der Waals surface area contributed by atoms with Crippen molar-refractivity contribution in [2.45, 2.75) is 69.7 Å². The number of hydrogen-bond acceptors (Lipinski definition) is 1. The summed E-state index contributed by atoms with van der Waals surface area (Å²) >= 11 is 0. The van der Waals surface area contributed by atoms with E-state index >= 15 is 0 Å². The van der Waals surface area contributed by atoms with Crippen molar-refractivity contribution in [3.8, 4) is 11.1 Å². The van der Waals surface area contributed by atoms with Gasteiger partial charge in [0.25, 0.3) is 0 Å². The summed E-state index contributed by atoms with van der Waals surface area (Å²) in [5.41, 5.74) is 10.2. The fraction of sp³-hybridized carbons (Fsp3) is 0.367. The molecule has 1 nitrogen and oxygen atoms in total. The molecule has 1 heteroatoms. The van der Waals surface area contributed by atoms with Gasteiger partial charge in [-0.05, 0) is 91.1 Å². The molecule has 2 aliphatic heterocycles. The van der Waals surface area contributed by atoms with Crippen molar-refractivity contribution in [3.05, 3.63) is 95.5 Å². The van der Waals surface area contributed by atoms with Gasteiger partial charge in [-0.25, -0.2) is 0 Å². The zero-order valence-corrected chi connectivity index (χ0v) is 19.1. The zero-order valence-electron chi connectivity index (χ0n) is 19.1. The first kappa shape index (κ1) is 19.2. The van der Waals surface area contributed by atoms with E-state index in [9.17, 15) is 0 Å². The second-order valence-electron chi connectivity index (χ2n) is 10.7. The molecular formula is C30H31N. The van der Waals surface area contributed by atoms with Gasteiger partial charge in [-0.2, -0.15) is 0 Å². The molecule has 7 rings (SSSR count). The van der Waals surface area contributed by atoms with E-state index in [1.165, 1.54) is 64.8 Å². The molecule has 4 aliphatic rings. The van der Waals surface area contributed by atoms with E-state index < -0.39 is 0 Å². The summed E-state index contributed by atoms with van der Waals surface area (Å²) in [6, 6.07) is 24.9. The highest BCUT2D eigenvalue weighted by Crippen LogP contribution is 2.57. The number of para-hydroxylation sites is 1. The first-order valence-corrected chi connectivity index (χ1v) is 11.7. The molecule has 0 unspecified atom stereocenters. The molecule has 31 heavy (non-hydrogen) atoms. The number of fused-ring (bicyclic) bond motifs is 6. The first-order chi connectivity index (χ1) is 14.8. The van der Waals surface area contributed by atoms with Crippen molar-refractivity contribution >= 4 is 5.69 Å². The minimum Gasteiger partial charge on any atom is -0.355 e. The summed E-state index contributed by atoms with van der Waals surface area (Å²) in [5, 5.41) is 0. The van der Waals surface area contributed by atoms with Crippen LogP contribution in [0.25, 0.3) is 11.1 Å². The van der Waals surface area contributed by atoms with Crippen molar-refractivity contribution in [3.63, 3.8) is 0 Å². The summed E-state index contributed by atoms with van der Waals surface area (Å²) < 4.78 is 0. The summed E-state index contributed by atoms with van der Waals surface area (Å²) in [5.74, 6) is 0. The molecule has 3 aromatic rings. The number of piperidine rings is 2. The van der Waals surface area contributed by atoms with E-state index in [1.54, 1.807) is 0 Å². The van der Waals surface area contributed by atoms with Crippen LogP contribution < -0.4 is 4.90 Å². The maximum absolute atomic E-state index is 4.05. The molecule has 3 aromatic carbocycles. The fourth-order valence-corrected chi connectivity index (χ4v) is 6.55. The lowest BCUT2D eigenvalue weighted by atomic mass is 9.58. The van der Waals surface area contributed by atoms with Crippen molar-refractivity contribution in [2.24, 2.45) is 0 Å². The number of nitrogens with zero attached hydrogens (tertiary/aromatic N) is 1. The van der Waals surface area contributed by atoms with Crippen LogP contribution in [0.4, 0.5) is 5.69 Å². The molecule has 1 saturated carbocycles. The number of rotatable bonds is 2. The van der Waals surface area contributed by atoms with Crippen LogP contribution in [0.2, 0.25) is 0 Å². The standard InChI is InChI=1S/C30H31N/c1-21-18-27-24(23-12-8-9-13-25(23)28(27,2)3)19-26(21)30-16-14-29(4,15-17-30)31(20-30)22-10-6-5-7-11-22/h5-13,18-19H,14-17H2,1-4H3. The third-order valence-corrected chi connectivity index (χ3v) is 8.50. The lowest BCUT2D eigenvalue weighted by molar-refractivity contribution is 0.171. The molecule has 0 spiro atoms. The molecule has 3 fully saturated rings. The highest BCUT2D eigenvalue weighted by atomic mass is 15.2. The van der Waals surface area contributed by atoms with E-state index in [0.717, 1.165) is 0 Å². The number of aryl methyl sites for hydroxylation is 1. The molecule has 2 bridgehead atoms. The third-order valence-electron chi connectivity index (χ3n) is 8.50. The Hall–Kier alpha value is -2.54. The monoisotopic (exact) mass is 405 g/mol. The molecule has 2 saturated heterocycles. The van der Waals surface area contributed by atoms with Crippen molar-refractivity contribution in [1.29, 1.82) is 0 Å². The van der Waals surface area contributed by atoms with Gasteiger partial charge in [0.15, 0.2) is 0 Å². The highest BCUT2D eigenvalue weighted by Gasteiger charge is 2.53. The first-order valence-electron chi connectivity index (χ1n) is 11.7. The largest absolute Gasteiger partial charge is 0.355 e. The van der Waals surface area contributed by atoms with Gasteiger partial charge in [0.05, 0.1) is 0 Å². The minimum absolute atomic E-state index is 0.00832. The maximum atomic E-state index is 4.05. The lowest BCUT2D eigenvalue weighted by Gasteiger charge is -2.59. The molecule has 156 valence electrons. The van der Waals surface area contributed by atoms with Crippen LogP contribution in [0, 0.1) is 13.5 Å². The molecule has 0 N–H and O–H groups in total. The van der Waals surface area contributed by atoms with Crippen LogP contribution in [-0.4, -0.2) is 5.54 Å². The Bertz CT molecular complexity index is 1160. The molecule has 0 amide bonds. The molecule has 2 heterocycles. The number of anilines is 1. The fourth-order valence-electron chi connectivity index (χ4n) is 6.55. The van der Waals surface area contributed by atoms with Crippen molar-refractivity contribution in [1.82, 2.24) is 0 Å². The van der Waals surface area contributed by atoms with Gasteiger partial charge in [0.2, 0.25) is 0 Å². The summed E-state index contributed by atoms with van der Waals surface area (Å²) in [4.78, 5) is 2.48. The normalized spacial score (nSPS) is 27.8. The highest BCUT2D eigenvalue weighted by molar-refractivity contribution is 5.82. The van der Waals surface area contributed by atoms with Crippen LogP contribution in [0.3, 0.4) is 0 Å². The van der Waals surface area contributed by atoms with Gasteiger partial charge >= 0.3 is 0 Å². The van der Waals surface area contributed by atoms with Gasteiger partial charge in [-0.3, -0.25) is 0 Å². The summed E-state index contributed by atoms with van der Waals surface area (Å²) in [6.45, 7) is 13.5. The van der Waals surface area contributed by atoms with E-state index in [4.69, 9.17) is 0 Å². The van der Waals surface area contributed by atoms with Crippen LogP contribution in [0.5, 0.6) is 0 Å². The van der Waals surface area contributed by atoms with E-state index in [1.807, 2.05) is 0 Å². The minimum atomic E-state index is 0.00832. The predicted molar refractivity (Wildman–Crippen MR) is 129 cm³/mol. The van der Waals surface area contributed by atoms with E-state index in [2.05, 4.69) is 106 Å². The second-order valence-corrected chi connectivity index (χ2v) is 10.7. The van der Waals surface area contributed by atoms with Gasteiger partial charge in [-0.1, -0.05) is 62.4 Å². The Morgan fingerprint density at radius 3 is 2.13 bits per heavy atom. The average molecular weight is 406 g/mol. The molecule has 0 aromatic heterocycles. The Kier molecular flexibility index (Phi) is 3.86. The summed E-state index contributed by atoms with van der Waals surface area (Å²) in [7, 11) is 0. The van der Waals surface area contributed by atoms with Gasteiger partial charge < -0.3 is 4.90 Å². The Labute approximate surface area is 187 Å². The molecule has 2 aliphatic carbocycles. The second kappa shape index (κ2) is 6.25. The zero-order chi connectivity index (χ0) is 21.4. The van der Waals surface area contributed by atoms with Crippen molar-refractivity contribution in [2.75, 3.05) is 4.90 Å². The van der Waals surface area contributed by atoms with E-state index in [-0.39, 0.29) is 16.4 Å². The SMILES string of the molecule is Cc1cc2c(cc1C13[C]N(c4ccccc4)C(C)(CC1)CC3)-c1ccccc1C2(C)C.